The summed E-state index contributed by atoms with van der Waals surface area (Å²) in [6.07, 6.45) is 2.63. The average molecular weight is 298 g/mol. The highest BCUT2D eigenvalue weighted by molar-refractivity contribution is 5.74. The Morgan fingerprint density at radius 2 is 1.95 bits per heavy atom. The van der Waals surface area contributed by atoms with Crippen LogP contribution >= 0.6 is 0 Å². The van der Waals surface area contributed by atoms with E-state index in [1.54, 1.807) is 7.05 Å². The fraction of sp³-hybridized carbons (Fsp3) is 0.533. The summed E-state index contributed by atoms with van der Waals surface area (Å²) in [6.45, 7) is 0.207. The lowest BCUT2D eigenvalue weighted by molar-refractivity contribution is 0.115. The predicted molar refractivity (Wildman–Crippen MR) is 74.6 cm³/mol. The SMILES string of the molecule is CN(Cc1ccc(F)c(F)c1)C(=O)NC1CCC(O)CC1. The number of benzene rings is 1. The molecule has 0 unspecified atom stereocenters. The van der Waals surface area contributed by atoms with Crippen molar-refractivity contribution in [2.24, 2.45) is 0 Å². The lowest BCUT2D eigenvalue weighted by atomic mass is 9.93. The van der Waals surface area contributed by atoms with Crippen molar-refractivity contribution in [2.45, 2.75) is 44.4 Å². The largest absolute Gasteiger partial charge is 0.393 e. The number of amides is 2. The predicted octanol–water partition coefficient (Wildman–Crippen LogP) is 2.41. The summed E-state index contributed by atoms with van der Waals surface area (Å²) < 4.78 is 26.0. The number of hydrogen-bond acceptors (Lipinski definition) is 2. The second kappa shape index (κ2) is 6.85. The Labute approximate surface area is 122 Å². The third-order valence-corrected chi connectivity index (χ3v) is 3.77. The number of aliphatic hydroxyl groups is 1. The summed E-state index contributed by atoms with van der Waals surface area (Å²) in [5.41, 5.74) is 0.533. The molecule has 21 heavy (non-hydrogen) atoms. The summed E-state index contributed by atoms with van der Waals surface area (Å²) >= 11 is 0. The first-order chi connectivity index (χ1) is 9.95. The summed E-state index contributed by atoms with van der Waals surface area (Å²) in [4.78, 5) is 13.5. The number of aliphatic hydroxyl groups excluding tert-OH is 1. The molecule has 0 atom stereocenters. The molecule has 1 aliphatic carbocycles. The van der Waals surface area contributed by atoms with Gasteiger partial charge in [0.1, 0.15) is 0 Å². The van der Waals surface area contributed by atoms with Crippen LogP contribution in [0.2, 0.25) is 0 Å². The minimum Gasteiger partial charge on any atom is -0.393 e. The van der Waals surface area contributed by atoms with Crippen LogP contribution in [0.15, 0.2) is 18.2 Å². The maximum absolute atomic E-state index is 13.1. The number of halogens is 2. The molecule has 2 amide bonds. The molecule has 0 spiro atoms. The summed E-state index contributed by atoms with van der Waals surface area (Å²) in [5.74, 6) is -1.81. The van der Waals surface area contributed by atoms with Crippen LogP contribution in [-0.2, 0) is 6.54 Å². The molecule has 1 aromatic rings. The highest BCUT2D eigenvalue weighted by Gasteiger charge is 2.22. The standard InChI is InChI=1S/C15H20F2N2O2/c1-19(9-10-2-7-13(16)14(17)8-10)15(21)18-11-3-5-12(20)6-4-11/h2,7-8,11-12,20H,3-6,9H2,1H3,(H,18,21). The molecular formula is C15H20F2N2O2. The summed E-state index contributed by atoms with van der Waals surface area (Å²) in [5, 5.41) is 12.3. The van der Waals surface area contributed by atoms with Crippen LogP contribution in [-0.4, -0.2) is 35.2 Å². The quantitative estimate of drug-likeness (QED) is 0.900. The van der Waals surface area contributed by atoms with E-state index < -0.39 is 11.6 Å². The van der Waals surface area contributed by atoms with Gasteiger partial charge in [-0.2, -0.15) is 0 Å². The van der Waals surface area contributed by atoms with E-state index in [1.165, 1.54) is 11.0 Å². The Hall–Kier alpha value is -1.69. The minimum atomic E-state index is -0.914. The van der Waals surface area contributed by atoms with Crippen molar-refractivity contribution in [2.75, 3.05) is 7.05 Å². The Morgan fingerprint density at radius 1 is 1.29 bits per heavy atom. The van der Waals surface area contributed by atoms with E-state index in [0.717, 1.165) is 25.0 Å². The van der Waals surface area contributed by atoms with Gasteiger partial charge in [0.15, 0.2) is 11.6 Å². The first-order valence-corrected chi connectivity index (χ1v) is 7.09. The molecule has 1 aliphatic rings. The number of nitrogens with one attached hydrogen (secondary N) is 1. The van der Waals surface area contributed by atoms with Gasteiger partial charge in [0.25, 0.3) is 0 Å². The van der Waals surface area contributed by atoms with E-state index in [1.807, 2.05) is 0 Å². The Kier molecular flexibility index (Phi) is 5.12. The number of carbonyl (C=O) groups is 1. The molecule has 0 radical (unpaired) electrons. The van der Waals surface area contributed by atoms with Gasteiger partial charge in [0, 0.05) is 19.6 Å². The zero-order chi connectivity index (χ0) is 15.4. The molecule has 1 fully saturated rings. The van der Waals surface area contributed by atoms with Crippen LogP contribution in [0.4, 0.5) is 13.6 Å². The number of hydrogen-bond donors (Lipinski definition) is 2. The van der Waals surface area contributed by atoms with E-state index in [-0.39, 0.29) is 24.7 Å². The van der Waals surface area contributed by atoms with E-state index >= 15 is 0 Å². The zero-order valence-corrected chi connectivity index (χ0v) is 12.0. The van der Waals surface area contributed by atoms with Gasteiger partial charge in [-0.25, -0.2) is 13.6 Å². The molecule has 116 valence electrons. The second-order valence-corrected chi connectivity index (χ2v) is 5.56. The van der Waals surface area contributed by atoms with Crippen LogP contribution in [0, 0.1) is 11.6 Å². The maximum atomic E-state index is 13.1. The molecule has 1 aromatic carbocycles. The molecule has 2 N–H and O–H groups in total. The van der Waals surface area contributed by atoms with E-state index in [2.05, 4.69) is 5.32 Å². The minimum absolute atomic E-state index is 0.0632. The lowest BCUT2D eigenvalue weighted by Gasteiger charge is -2.28. The Balaban J connectivity index is 1.86. The van der Waals surface area contributed by atoms with Crippen molar-refractivity contribution in [3.8, 4) is 0 Å². The van der Waals surface area contributed by atoms with E-state index in [4.69, 9.17) is 0 Å². The summed E-state index contributed by atoms with van der Waals surface area (Å²) in [6, 6.07) is 3.42. The molecule has 6 heteroatoms. The fourth-order valence-electron chi connectivity index (χ4n) is 2.49. The van der Waals surface area contributed by atoms with Crippen molar-refractivity contribution in [1.29, 1.82) is 0 Å². The average Bonchev–Trinajstić information content (AvgIpc) is 2.45. The van der Waals surface area contributed by atoms with Crippen LogP contribution in [0.5, 0.6) is 0 Å². The Bertz CT molecular complexity index is 502. The number of nitrogens with zero attached hydrogens (tertiary/aromatic N) is 1. The van der Waals surface area contributed by atoms with Crippen LogP contribution in [0.1, 0.15) is 31.2 Å². The lowest BCUT2D eigenvalue weighted by Crippen LogP contribution is -2.44. The molecule has 2 rings (SSSR count). The fourth-order valence-corrected chi connectivity index (χ4v) is 2.49. The van der Waals surface area contributed by atoms with Crippen molar-refractivity contribution in [1.82, 2.24) is 10.2 Å². The molecule has 0 saturated heterocycles. The Morgan fingerprint density at radius 3 is 2.57 bits per heavy atom. The van der Waals surface area contributed by atoms with E-state index in [9.17, 15) is 18.7 Å². The highest BCUT2D eigenvalue weighted by Crippen LogP contribution is 2.18. The van der Waals surface area contributed by atoms with Gasteiger partial charge in [0.2, 0.25) is 0 Å². The van der Waals surface area contributed by atoms with E-state index in [0.29, 0.717) is 18.4 Å². The third-order valence-electron chi connectivity index (χ3n) is 3.77. The first kappa shape index (κ1) is 15.7. The first-order valence-electron chi connectivity index (χ1n) is 7.09. The molecule has 1 saturated carbocycles. The smallest absolute Gasteiger partial charge is 0.317 e. The van der Waals surface area contributed by atoms with Gasteiger partial charge >= 0.3 is 6.03 Å². The number of rotatable bonds is 3. The monoisotopic (exact) mass is 298 g/mol. The van der Waals surface area contributed by atoms with Crippen molar-refractivity contribution in [3.05, 3.63) is 35.4 Å². The second-order valence-electron chi connectivity index (χ2n) is 5.56. The van der Waals surface area contributed by atoms with Crippen molar-refractivity contribution >= 4 is 6.03 Å². The van der Waals surface area contributed by atoms with Gasteiger partial charge in [-0.3, -0.25) is 0 Å². The molecule has 4 nitrogen and oxygen atoms in total. The molecule has 0 aliphatic heterocycles. The highest BCUT2D eigenvalue weighted by atomic mass is 19.2. The van der Waals surface area contributed by atoms with Crippen LogP contribution in [0.25, 0.3) is 0 Å². The molecule has 0 aromatic heterocycles. The zero-order valence-electron chi connectivity index (χ0n) is 12.0. The van der Waals surface area contributed by atoms with Gasteiger partial charge < -0.3 is 15.3 Å². The number of urea groups is 1. The topological polar surface area (TPSA) is 52.6 Å². The molecular weight excluding hydrogens is 278 g/mol. The molecule has 0 bridgehead atoms. The number of carbonyl (C=O) groups excluding carboxylic acids is 1. The van der Waals surface area contributed by atoms with Crippen LogP contribution < -0.4 is 5.32 Å². The normalized spacial score (nSPS) is 21.9. The van der Waals surface area contributed by atoms with Gasteiger partial charge in [-0.1, -0.05) is 6.07 Å². The van der Waals surface area contributed by atoms with Crippen molar-refractivity contribution in [3.63, 3.8) is 0 Å². The third kappa shape index (κ3) is 4.39. The summed E-state index contributed by atoms with van der Waals surface area (Å²) in [7, 11) is 1.61. The molecule has 0 heterocycles. The maximum Gasteiger partial charge on any atom is 0.317 e. The van der Waals surface area contributed by atoms with Gasteiger partial charge in [-0.05, 0) is 43.4 Å². The van der Waals surface area contributed by atoms with Gasteiger partial charge in [0.05, 0.1) is 6.10 Å². The van der Waals surface area contributed by atoms with Crippen molar-refractivity contribution < 1.29 is 18.7 Å². The van der Waals surface area contributed by atoms with Gasteiger partial charge in [-0.15, -0.1) is 0 Å². The van der Waals surface area contributed by atoms with Crippen LogP contribution in [0.3, 0.4) is 0 Å².